The van der Waals surface area contributed by atoms with Crippen LogP contribution in [0.4, 0.5) is 5.69 Å². The highest BCUT2D eigenvalue weighted by Gasteiger charge is 2.06. The Bertz CT molecular complexity index is 588. The van der Waals surface area contributed by atoms with Gasteiger partial charge in [0, 0.05) is 11.8 Å². The molecule has 100 valence electrons. The minimum absolute atomic E-state index is 0.372. The SMILES string of the molecule is COc1cc(N)ccc1OCc1ccc(Cl)c(Cl)c1. The molecular formula is C14H13Cl2NO2. The van der Waals surface area contributed by atoms with Crippen LogP contribution in [0.15, 0.2) is 36.4 Å². The summed E-state index contributed by atoms with van der Waals surface area (Å²) in [6.07, 6.45) is 0. The van der Waals surface area contributed by atoms with Crippen molar-refractivity contribution in [1.29, 1.82) is 0 Å². The van der Waals surface area contributed by atoms with Crippen LogP contribution >= 0.6 is 23.2 Å². The molecular weight excluding hydrogens is 285 g/mol. The molecule has 0 aromatic heterocycles. The molecule has 0 bridgehead atoms. The zero-order valence-corrected chi connectivity index (χ0v) is 11.8. The lowest BCUT2D eigenvalue weighted by molar-refractivity contribution is 0.284. The number of halogens is 2. The van der Waals surface area contributed by atoms with Crippen molar-refractivity contribution < 1.29 is 9.47 Å². The van der Waals surface area contributed by atoms with Gasteiger partial charge in [0.15, 0.2) is 11.5 Å². The van der Waals surface area contributed by atoms with E-state index < -0.39 is 0 Å². The summed E-state index contributed by atoms with van der Waals surface area (Å²) in [6, 6.07) is 10.6. The van der Waals surface area contributed by atoms with Gasteiger partial charge in [0.2, 0.25) is 0 Å². The molecule has 0 saturated carbocycles. The Labute approximate surface area is 121 Å². The number of rotatable bonds is 4. The summed E-state index contributed by atoms with van der Waals surface area (Å²) in [7, 11) is 1.57. The zero-order chi connectivity index (χ0) is 13.8. The van der Waals surface area contributed by atoms with Gasteiger partial charge in [-0.3, -0.25) is 0 Å². The number of ether oxygens (including phenoxy) is 2. The van der Waals surface area contributed by atoms with E-state index in [-0.39, 0.29) is 0 Å². The first kappa shape index (κ1) is 13.8. The Morgan fingerprint density at radius 3 is 2.47 bits per heavy atom. The van der Waals surface area contributed by atoms with Crippen molar-refractivity contribution in [3.63, 3.8) is 0 Å². The molecule has 5 heteroatoms. The summed E-state index contributed by atoms with van der Waals surface area (Å²) in [6.45, 7) is 0.372. The predicted octanol–water partition coefficient (Wildman–Crippen LogP) is 4.16. The monoisotopic (exact) mass is 297 g/mol. The fourth-order valence-electron chi connectivity index (χ4n) is 1.59. The van der Waals surface area contributed by atoms with Gasteiger partial charge in [-0.1, -0.05) is 29.3 Å². The molecule has 0 atom stereocenters. The Balaban J connectivity index is 2.12. The van der Waals surface area contributed by atoms with Crippen molar-refractivity contribution >= 4 is 28.9 Å². The maximum absolute atomic E-state index is 5.95. The lowest BCUT2D eigenvalue weighted by atomic mass is 10.2. The minimum Gasteiger partial charge on any atom is -0.493 e. The number of benzene rings is 2. The normalized spacial score (nSPS) is 10.3. The van der Waals surface area contributed by atoms with Crippen molar-refractivity contribution in [2.75, 3.05) is 12.8 Å². The molecule has 2 rings (SSSR count). The Hall–Kier alpha value is -1.58. The van der Waals surface area contributed by atoms with Crippen LogP contribution in [0.2, 0.25) is 10.0 Å². The van der Waals surface area contributed by atoms with Gasteiger partial charge in [-0.25, -0.2) is 0 Å². The smallest absolute Gasteiger partial charge is 0.162 e. The molecule has 3 nitrogen and oxygen atoms in total. The van der Waals surface area contributed by atoms with E-state index in [2.05, 4.69) is 0 Å². The molecule has 0 aliphatic carbocycles. The first-order valence-electron chi connectivity index (χ1n) is 5.60. The van der Waals surface area contributed by atoms with Gasteiger partial charge in [0.25, 0.3) is 0 Å². The molecule has 2 N–H and O–H groups in total. The maximum atomic E-state index is 5.95. The van der Waals surface area contributed by atoms with Gasteiger partial charge in [-0.15, -0.1) is 0 Å². The van der Waals surface area contributed by atoms with Crippen LogP contribution in [0.1, 0.15) is 5.56 Å². The number of methoxy groups -OCH3 is 1. The van der Waals surface area contributed by atoms with E-state index in [0.717, 1.165) is 5.56 Å². The second-order valence-corrected chi connectivity index (χ2v) is 4.76. The van der Waals surface area contributed by atoms with Crippen LogP contribution in [0.25, 0.3) is 0 Å². The van der Waals surface area contributed by atoms with E-state index in [1.54, 1.807) is 37.4 Å². The molecule has 0 saturated heterocycles. The number of anilines is 1. The average molecular weight is 298 g/mol. The van der Waals surface area contributed by atoms with E-state index in [9.17, 15) is 0 Å². The van der Waals surface area contributed by atoms with E-state index in [1.807, 2.05) is 6.07 Å². The van der Waals surface area contributed by atoms with E-state index in [1.165, 1.54) is 0 Å². The van der Waals surface area contributed by atoms with Crippen LogP contribution in [0, 0.1) is 0 Å². The van der Waals surface area contributed by atoms with E-state index >= 15 is 0 Å². The lowest BCUT2D eigenvalue weighted by Crippen LogP contribution is -1.98. The molecule has 0 heterocycles. The minimum atomic E-state index is 0.372. The van der Waals surface area contributed by atoms with Gasteiger partial charge in [-0.05, 0) is 29.8 Å². The molecule has 0 radical (unpaired) electrons. The second kappa shape index (κ2) is 6.04. The summed E-state index contributed by atoms with van der Waals surface area (Å²) < 4.78 is 10.9. The van der Waals surface area contributed by atoms with Gasteiger partial charge >= 0.3 is 0 Å². The highest BCUT2D eigenvalue weighted by molar-refractivity contribution is 6.42. The largest absolute Gasteiger partial charge is 0.493 e. The number of hydrogen-bond donors (Lipinski definition) is 1. The summed E-state index contributed by atoms with van der Waals surface area (Å²) in [5.74, 6) is 1.22. The quantitative estimate of drug-likeness (QED) is 0.862. The topological polar surface area (TPSA) is 44.5 Å². The molecule has 0 aliphatic rings. The molecule has 2 aromatic rings. The molecule has 19 heavy (non-hydrogen) atoms. The Morgan fingerprint density at radius 1 is 1.00 bits per heavy atom. The van der Waals surface area contributed by atoms with E-state index in [4.69, 9.17) is 38.4 Å². The Kier molecular flexibility index (Phi) is 4.40. The van der Waals surface area contributed by atoms with E-state index in [0.29, 0.717) is 33.8 Å². The number of nitrogen functional groups attached to an aromatic ring is 1. The molecule has 0 amide bonds. The van der Waals surface area contributed by atoms with Crippen LogP contribution in [0.5, 0.6) is 11.5 Å². The predicted molar refractivity (Wildman–Crippen MR) is 78.2 cm³/mol. The highest BCUT2D eigenvalue weighted by Crippen LogP contribution is 2.30. The molecule has 0 aliphatic heterocycles. The third-order valence-corrected chi connectivity index (χ3v) is 3.31. The van der Waals surface area contributed by atoms with Crippen LogP contribution in [-0.2, 0) is 6.61 Å². The number of nitrogens with two attached hydrogens (primary N) is 1. The van der Waals surface area contributed by atoms with Gasteiger partial charge in [0.1, 0.15) is 6.61 Å². The summed E-state index contributed by atoms with van der Waals surface area (Å²) in [4.78, 5) is 0. The molecule has 2 aromatic carbocycles. The molecule has 0 unspecified atom stereocenters. The van der Waals surface area contributed by atoms with Gasteiger partial charge < -0.3 is 15.2 Å². The van der Waals surface area contributed by atoms with Crippen molar-refractivity contribution in [3.8, 4) is 11.5 Å². The summed E-state index contributed by atoms with van der Waals surface area (Å²) >= 11 is 11.8. The zero-order valence-electron chi connectivity index (χ0n) is 10.3. The van der Waals surface area contributed by atoms with Crippen molar-refractivity contribution in [2.45, 2.75) is 6.61 Å². The van der Waals surface area contributed by atoms with Crippen molar-refractivity contribution in [1.82, 2.24) is 0 Å². The second-order valence-electron chi connectivity index (χ2n) is 3.95. The molecule has 0 spiro atoms. The first-order valence-corrected chi connectivity index (χ1v) is 6.36. The summed E-state index contributed by atoms with van der Waals surface area (Å²) in [5, 5.41) is 1.03. The fraction of sp³-hybridized carbons (Fsp3) is 0.143. The lowest BCUT2D eigenvalue weighted by Gasteiger charge is -2.11. The van der Waals surface area contributed by atoms with Crippen LogP contribution in [0.3, 0.4) is 0 Å². The van der Waals surface area contributed by atoms with Gasteiger partial charge in [-0.2, -0.15) is 0 Å². The van der Waals surface area contributed by atoms with Crippen LogP contribution in [-0.4, -0.2) is 7.11 Å². The van der Waals surface area contributed by atoms with Gasteiger partial charge in [0.05, 0.1) is 17.2 Å². The highest BCUT2D eigenvalue weighted by atomic mass is 35.5. The van der Waals surface area contributed by atoms with Crippen LogP contribution < -0.4 is 15.2 Å². The Morgan fingerprint density at radius 2 is 1.79 bits per heavy atom. The average Bonchev–Trinajstić information content (AvgIpc) is 2.41. The number of hydrogen-bond acceptors (Lipinski definition) is 3. The third kappa shape index (κ3) is 3.46. The third-order valence-electron chi connectivity index (χ3n) is 2.57. The summed E-state index contributed by atoms with van der Waals surface area (Å²) in [5.41, 5.74) is 7.23. The maximum Gasteiger partial charge on any atom is 0.162 e. The fourth-order valence-corrected chi connectivity index (χ4v) is 1.91. The first-order chi connectivity index (χ1) is 9.10. The standard InChI is InChI=1S/C14H13Cl2NO2/c1-18-14-7-10(17)3-5-13(14)19-8-9-2-4-11(15)12(16)6-9/h2-7H,8,17H2,1H3. The van der Waals surface area contributed by atoms with Crippen molar-refractivity contribution in [2.24, 2.45) is 0 Å². The molecule has 0 fully saturated rings. The van der Waals surface area contributed by atoms with Crippen molar-refractivity contribution in [3.05, 3.63) is 52.0 Å².